The van der Waals surface area contributed by atoms with Crippen LogP contribution in [0.1, 0.15) is 33.6 Å². The monoisotopic (exact) mass is 396 g/mol. The van der Waals surface area contributed by atoms with E-state index in [-0.39, 0.29) is 42.6 Å². The van der Waals surface area contributed by atoms with Crippen molar-refractivity contribution in [1.82, 2.24) is 10.2 Å². The molecule has 8 heteroatoms. The number of hydrogen-bond acceptors (Lipinski definition) is 4. The summed E-state index contributed by atoms with van der Waals surface area (Å²) >= 11 is 0. The maximum Gasteiger partial charge on any atom is 0.243 e. The van der Waals surface area contributed by atoms with Crippen LogP contribution in [0.2, 0.25) is 0 Å². The number of anilines is 2. The lowest BCUT2D eigenvalue weighted by Crippen LogP contribution is -2.46. The van der Waals surface area contributed by atoms with E-state index in [0.717, 1.165) is 19.4 Å². The van der Waals surface area contributed by atoms with E-state index >= 15 is 0 Å². The maximum absolute atomic E-state index is 12.7. The van der Waals surface area contributed by atoms with Gasteiger partial charge in [-0.15, -0.1) is 12.4 Å². The molecule has 0 bridgehead atoms. The van der Waals surface area contributed by atoms with Crippen LogP contribution in [-0.2, 0) is 14.4 Å². The predicted octanol–water partition coefficient (Wildman–Crippen LogP) is 2.24. The fourth-order valence-corrected chi connectivity index (χ4v) is 3.17. The minimum Gasteiger partial charge on any atom is -0.333 e. The molecule has 1 aliphatic heterocycles. The van der Waals surface area contributed by atoms with Crippen LogP contribution < -0.4 is 16.0 Å². The highest BCUT2D eigenvalue weighted by Gasteiger charge is 2.28. The van der Waals surface area contributed by atoms with Crippen LogP contribution in [0.3, 0.4) is 0 Å². The molecule has 1 saturated heterocycles. The Morgan fingerprint density at radius 3 is 2.26 bits per heavy atom. The van der Waals surface area contributed by atoms with E-state index in [1.807, 2.05) is 6.92 Å². The fourth-order valence-electron chi connectivity index (χ4n) is 3.17. The summed E-state index contributed by atoms with van der Waals surface area (Å²) in [5.41, 5.74) is 1.30. The first-order valence-electron chi connectivity index (χ1n) is 9.08. The Bertz CT molecular complexity index is 651. The molecule has 0 radical (unpaired) electrons. The lowest BCUT2D eigenvalue weighted by atomic mass is 9.92. The van der Waals surface area contributed by atoms with Crippen LogP contribution in [0.5, 0.6) is 0 Å². The molecule has 0 aliphatic carbocycles. The summed E-state index contributed by atoms with van der Waals surface area (Å²) in [5, 5.41) is 8.81. The first kappa shape index (κ1) is 22.9. The van der Waals surface area contributed by atoms with E-state index in [9.17, 15) is 14.4 Å². The Kier molecular flexibility index (Phi) is 9.25. The number of likely N-dealkylation sites (N-methyl/N-ethyl adjacent to an activating group) is 1. The van der Waals surface area contributed by atoms with Gasteiger partial charge >= 0.3 is 0 Å². The van der Waals surface area contributed by atoms with Gasteiger partial charge in [-0.1, -0.05) is 0 Å². The molecule has 1 aliphatic rings. The third-order valence-corrected chi connectivity index (χ3v) is 4.49. The number of benzene rings is 1. The molecule has 3 N–H and O–H groups in total. The topological polar surface area (TPSA) is 90.5 Å². The molecule has 0 aromatic heterocycles. The van der Waals surface area contributed by atoms with E-state index in [1.54, 1.807) is 29.2 Å². The lowest BCUT2D eigenvalue weighted by molar-refractivity contribution is -0.139. The van der Waals surface area contributed by atoms with Gasteiger partial charge in [0.25, 0.3) is 0 Å². The Hall–Kier alpha value is -2.12. The van der Waals surface area contributed by atoms with E-state index in [4.69, 9.17) is 0 Å². The number of carbonyl (C=O) groups excluding carboxylic acids is 3. The molecule has 1 fully saturated rings. The smallest absolute Gasteiger partial charge is 0.243 e. The van der Waals surface area contributed by atoms with Gasteiger partial charge < -0.3 is 20.9 Å². The maximum atomic E-state index is 12.7. The molecule has 1 aromatic carbocycles. The van der Waals surface area contributed by atoms with Gasteiger partial charge in [0.05, 0.1) is 6.54 Å². The van der Waals surface area contributed by atoms with Crippen molar-refractivity contribution in [3.05, 3.63) is 24.3 Å². The van der Waals surface area contributed by atoms with Gasteiger partial charge in [-0.3, -0.25) is 14.4 Å². The van der Waals surface area contributed by atoms with Gasteiger partial charge in [-0.25, -0.2) is 0 Å². The molecular formula is C19H29ClN4O3. The second kappa shape index (κ2) is 10.9. The molecule has 3 amide bonds. The molecule has 150 valence electrons. The van der Waals surface area contributed by atoms with Gasteiger partial charge in [0.2, 0.25) is 17.7 Å². The van der Waals surface area contributed by atoms with Crippen molar-refractivity contribution in [1.29, 1.82) is 0 Å². The molecule has 1 heterocycles. The molecule has 2 atom stereocenters. The number of halogens is 1. The van der Waals surface area contributed by atoms with Crippen LogP contribution in [0.15, 0.2) is 24.3 Å². The Morgan fingerprint density at radius 1 is 1.15 bits per heavy atom. The van der Waals surface area contributed by atoms with Crippen molar-refractivity contribution in [2.45, 2.75) is 39.7 Å². The van der Waals surface area contributed by atoms with Crippen molar-refractivity contribution in [3.8, 4) is 0 Å². The Labute approximate surface area is 166 Å². The van der Waals surface area contributed by atoms with Crippen LogP contribution in [0, 0.1) is 5.92 Å². The zero-order valence-corrected chi connectivity index (χ0v) is 16.9. The highest BCUT2D eigenvalue weighted by Crippen LogP contribution is 2.19. The quantitative estimate of drug-likeness (QED) is 0.687. The minimum absolute atomic E-state index is 0. The van der Waals surface area contributed by atoms with E-state index < -0.39 is 0 Å². The number of rotatable bonds is 6. The molecule has 27 heavy (non-hydrogen) atoms. The van der Waals surface area contributed by atoms with E-state index in [1.165, 1.54) is 6.92 Å². The van der Waals surface area contributed by atoms with Gasteiger partial charge in [0, 0.05) is 36.8 Å². The summed E-state index contributed by atoms with van der Waals surface area (Å²) in [6.07, 6.45) is 1.62. The third kappa shape index (κ3) is 7.19. The highest BCUT2D eigenvalue weighted by atomic mass is 35.5. The summed E-state index contributed by atoms with van der Waals surface area (Å²) in [7, 11) is 0. The first-order chi connectivity index (χ1) is 12.4. The third-order valence-electron chi connectivity index (χ3n) is 4.49. The summed E-state index contributed by atoms with van der Waals surface area (Å²) in [6, 6.07) is 7.20. The van der Waals surface area contributed by atoms with Crippen LogP contribution in [0.4, 0.5) is 11.4 Å². The van der Waals surface area contributed by atoms with E-state index in [0.29, 0.717) is 24.0 Å². The molecule has 2 rings (SSSR count). The predicted molar refractivity (Wildman–Crippen MR) is 109 cm³/mol. The van der Waals surface area contributed by atoms with Crippen molar-refractivity contribution < 1.29 is 14.4 Å². The lowest BCUT2D eigenvalue weighted by Gasteiger charge is -2.31. The number of piperidine rings is 1. The van der Waals surface area contributed by atoms with Gasteiger partial charge in [-0.05, 0) is 57.5 Å². The fraction of sp³-hybridized carbons (Fsp3) is 0.526. The molecular weight excluding hydrogens is 368 g/mol. The summed E-state index contributed by atoms with van der Waals surface area (Å²) in [6.45, 7) is 6.79. The highest BCUT2D eigenvalue weighted by molar-refractivity contribution is 5.95. The average Bonchev–Trinajstić information content (AvgIpc) is 2.60. The second-order valence-corrected chi connectivity index (χ2v) is 6.74. The molecule has 7 nitrogen and oxygen atoms in total. The summed E-state index contributed by atoms with van der Waals surface area (Å²) in [5.74, 6) is -0.339. The Morgan fingerprint density at radius 2 is 1.74 bits per heavy atom. The zero-order valence-electron chi connectivity index (χ0n) is 16.1. The zero-order chi connectivity index (χ0) is 19.1. The largest absolute Gasteiger partial charge is 0.333 e. The van der Waals surface area contributed by atoms with Gasteiger partial charge in [0.15, 0.2) is 0 Å². The number of hydrogen-bond donors (Lipinski definition) is 3. The minimum atomic E-state index is -0.227. The first-order valence-corrected chi connectivity index (χ1v) is 9.08. The molecule has 0 saturated carbocycles. The molecule has 0 spiro atoms. The van der Waals surface area contributed by atoms with E-state index in [2.05, 4.69) is 22.9 Å². The van der Waals surface area contributed by atoms with Crippen LogP contribution >= 0.6 is 12.4 Å². The van der Waals surface area contributed by atoms with Crippen molar-refractivity contribution in [2.75, 3.05) is 30.3 Å². The Balaban J connectivity index is 0.00000364. The van der Waals surface area contributed by atoms with Crippen LogP contribution in [-0.4, -0.2) is 48.3 Å². The van der Waals surface area contributed by atoms with Crippen molar-refractivity contribution >= 4 is 41.5 Å². The van der Waals surface area contributed by atoms with Gasteiger partial charge in [-0.2, -0.15) is 0 Å². The number of amides is 3. The number of nitrogens with one attached hydrogen (secondary N) is 3. The van der Waals surface area contributed by atoms with Gasteiger partial charge in [0.1, 0.15) is 0 Å². The molecule has 0 unspecified atom stereocenters. The summed E-state index contributed by atoms with van der Waals surface area (Å²) < 4.78 is 0. The normalized spacial score (nSPS) is 18.8. The SMILES string of the molecule is CCN(CC(=O)Nc1ccc(NC(C)=O)cc1)C(=O)[C@H]1CCN[C@@H](C)C1.Cl. The standard InChI is InChI=1S/C19H28N4O3.ClH/c1-4-23(19(26)15-9-10-20-13(2)11-15)12-18(25)22-17-7-5-16(6-8-17)21-14(3)24;/h5-8,13,15,20H,4,9-12H2,1-3H3,(H,21,24)(H,22,25);1H/t13-,15-;/m0./s1. The number of nitrogens with zero attached hydrogens (tertiary/aromatic N) is 1. The van der Waals surface area contributed by atoms with Crippen LogP contribution in [0.25, 0.3) is 0 Å². The summed E-state index contributed by atoms with van der Waals surface area (Å²) in [4.78, 5) is 37.6. The average molecular weight is 397 g/mol. The number of carbonyl (C=O) groups is 3. The second-order valence-electron chi connectivity index (χ2n) is 6.74. The van der Waals surface area contributed by atoms with Crippen molar-refractivity contribution in [3.63, 3.8) is 0 Å². The van der Waals surface area contributed by atoms with Crippen molar-refractivity contribution in [2.24, 2.45) is 5.92 Å². The molecule has 1 aromatic rings.